The van der Waals surface area contributed by atoms with Crippen LogP contribution in [0.4, 0.5) is 5.69 Å². The summed E-state index contributed by atoms with van der Waals surface area (Å²) in [5.41, 5.74) is 6.34. The molecule has 2 heterocycles. The molecule has 0 saturated heterocycles. The number of hydrogen-bond acceptors (Lipinski definition) is 6. The number of esters is 1. The standard InChI is InChI=1S/C31H24Cl2N2O2S2/c1-3-37-29(36)28-34-35(25-18-8-20(2)9-19-25)31(38-28)27-7-5-4-6-26(27)30(39-31,21-10-14-23(32)15-11-21)22-12-16-24(33)17-13-22/h4-19H,3H2,1-2H3. The number of anilines is 1. The lowest BCUT2D eigenvalue weighted by atomic mass is 9.82. The van der Waals surface area contributed by atoms with Crippen molar-refractivity contribution in [3.63, 3.8) is 0 Å². The summed E-state index contributed by atoms with van der Waals surface area (Å²) >= 11 is 15.9. The van der Waals surface area contributed by atoms with Crippen molar-refractivity contribution < 1.29 is 9.53 Å². The molecule has 2 aliphatic rings. The Labute approximate surface area is 246 Å². The van der Waals surface area contributed by atoms with Crippen LogP contribution in [-0.4, -0.2) is 17.6 Å². The van der Waals surface area contributed by atoms with Crippen LogP contribution in [0, 0.1) is 6.92 Å². The van der Waals surface area contributed by atoms with E-state index in [1.807, 2.05) is 47.5 Å². The fourth-order valence-electron chi connectivity index (χ4n) is 5.12. The van der Waals surface area contributed by atoms with Crippen molar-refractivity contribution in [1.82, 2.24) is 0 Å². The average Bonchev–Trinajstić information content (AvgIpc) is 3.47. The Kier molecular flexibility index (Phi) is 6.92. The highest BCUT2D eigenvalue weighted by Crippen LogP contribution is 2.71. The minimum Gasteiger partial charge on any atom is -0.461 e. The third-order valence-electron chi connectivity index (χ3n) is 6.87. The topological polar surface area (TPSA) is 41.9 Å². The minimum atomic E-state index is -0.785. The van der Waals surface area contributed by atoms with Crippen LogP contribution in [0.15, 0.2) is 102 Å². The number of ether oxygens (including phenoxy) is 1. The van der Waals surface area contributed by atoms with Crippen LogP contribution in [-0.2, 0) is 18.5 Å². The summed E-state index contributed by atoms with van der Waals surface area (Å²) in [7, 11) is 0. The van der Waals surface area contributed by atoms with Crippen molar-refractivity contribution in [1.29, 1.82) is 0 Å². The fourth-order valence-corrected chi connectivity index (χ4v) is 8.93. The van der Waals surface area contributed by atoms with Gasteiger partial charge in [-0.1, -0.05) is 113 Å². The van der Waals surface area contributed by atoms with E-state index in [9.17, 15) is 4.79 Å². The maximum Gasteiger partial charge on any atom is 0.365 e. The zero-order chi connectivity index (χ0) is 27.2. The van der Waals surface area contributed by atoms with Crippen molar-refractivity contribution in [2.45, 2.75) is 22.8 Å². The van der Waals surface area contributed by atoms with Gasteiger partial charge in [0, 0.05) is 15.6 Å². The molecule has 196 valence electrons. The fraction of sp³-hybridized carbons (Fsp3) is 0.161. The zero-order valence-corrected chi connectivity index (χ0v) is 24.4. The molecule has 0 amide bonds. The van der Waals surface area contributed by atoms with E-state index in [0.29, 0.717) is 15.1 Å². The Hall–Kier alpha value is -2.90. The second-order valence-corrected chi connectivity index (χ2v) is 13.0. The second-order valence-electron chi connectivity index (χ2n) is 9.30. The van der Waals surface area contributed by atoms with E-state index in [1.165, 1.54) is 11.8 Å². The monoisotopic (exact) mass is 590 g/mol. The molecule has 0 N–H and O–H groups in total. The smallest absolute Gasteiger partial charge is 0.365 e. The number of hydrazone groups is 1. The number of benzene rings is 4. The average molecular weight is 592 g/mol. The van der Waals surface area contributed by atoms with Gasteiger partial charge in [-0.15, -0.1) is 0 Å². The van der Waals surface area contributed by atoms with E-state index in [0.717, 1.165) is 33.5 Å². The Morgan fingerprint density at radius 2 is 1.41 bits per heavy atom. The normalized spacial score (nSPS) is 19.2. The molecule has 4 nitrogen and oxygen atoms in total. The van der Waals surface area contributed by atoms with E-state index in [2.05, 4.69) is 61.5 Å². The lowest BCUT2D eigenvalue weighted by Gasteiger charge is -2.37. The first-order valence-electron chi connectivity index (χ1n) is 12.5. The van der Waals surface area contributed by atoms with Crippen LogP contribution < -0.4 is 5.01 Å². The summed E-state index contributed by atoms with van der Waals surface area (Å²) in [5.74, 6) is -0.426. The van der Waals surface area contributed by atoms with Crippen LogP contribution >= 0.6 is 46.7 Å². The molecule has 0 saturated carbocycles. The number of nitrogens with zero attached hydrogens (tertiary/aromatic N) is 2. The van der Waals surface area contributed by atoms with E-state index in [4.69, 9.17) is 33.0 Å². The molecule has 4 aromatic rings. The lowest BCUT2D eigenvalue weighted by molar-refractivity contribution is -0.134. The molecule has 0 fully saturated rings. The largest absolute Gasteiger partial charge is 0.461 e. The third kappa shape index (κ3) is 4.34. The molecule has 8 heteroatoms. The number of halogens is 2. The number of hydrogen-bond donors (Lipinski definition) is 0. The van der Waals surface area contributed by atoms with Gasteiger partial charge in [0.2, 0.25) is 5.04 Å². The van der Waals surface area contributed by atoms with Gasteiger partial charge >= 0.3 is 5.97 Å². The van der Waals surface area contributed by atoms with E-state index < -0.39 is 14.9 Å². The molecule has 0 radical (unpaired) electrons. The number of carbonyl (C=O) groups excluding carboxylic acids is 1. The van der Waals surface area contributed by atoms with Gasteiger partial charge in [-0.2, -0.15) is 5.10 Å². The van der Waals surface area contributed by atoms with E-state index in [-0.39, 0.29) is 6.61 Å². The Bertz CT molecular complexity index is 1530. The summed E-state index contributed by atoms with van der Waals surface area (Å²) in [6, 6.07) is 32.6. The van der Waals surface area contributed by atoms with Crippen LogP contribution in [0.5, 0.6) is 0 Å². The van der Waals surface area contributed by atoms with Gasteiger partial charge in [0.05, 0.1) is 17.0 Å². The molecule has 1 unspecified atom stereocenters. The summed E-state index contributed by atoms with van der Waals surface area (Å²) in [5, 5.41) is 8.53. The molecule has 2 aliphatic heterocycles. The zero-order valence-electron chi connectivity index (χ0n) is 21.2. The number of rotatable bonds is 5. The van der Waals surface area contributed by atoms with Crippen LogP contribution in [0.25, 0.3) is 0 Å². The van der Waals surface area contributed by atoms with Gasteiger partial charge < -0.3 is 4.74 Å². The van der Waals surface area contributed by atoms with Crippen molar-refractivity contribution >= 4 is 63.4 Å². The SMILES string of the molecule is CCOC(=O)C1=NN(c2ccc(C)cc2)C2(S1)SC(c1ccc(Cl)cc1)(c1ccc(Cl)cc1)c1ccccc12. The number of thioether (sulfide) groups is 2. The van der Waals surface area contributed by atoms with Gasteiger partial charge in [0.15, 0.2) is 4.20 Å². The molecule has 39 heavy (non-hydrogen) atoms. The molecule has 4 aromatic carbocycles. The van der Waals surface area contributed by atoms with Crippen molar-refractivity contribution in [2.75, 3.05) is 11.6 Å². The van der Waals surface area contributed by atoms with E-state index >= 15 is 0 Å². The molecule has 0 bridgehead atoms. The minimum absolute atomic E-state index is 0.277. The Balaban J connectivity index is 1.62. The highest BCUT2D eigenvalue weighted by atomic mass is 35.5. The van der Waals surface area contributed by atoms with E-state index in [1.54, 1.807) is 18.7 Å². The summed E-state index contributed by atoms with van der Waals surface area (Å²) in [6.45, 7) is 4.13. The molecular weight excluding hydrogens is 567 g/mol. The highest BCUT2D eigenvalue weighted by molar-refractivity contribution is 8.27. The quantitative estimate of drug-likeness (QED) is 0.218. The van der Waals surface area contributed by atoms with Crippen LogP contribution in [0.2, 0.25) is 10.0 Å². The van der Waals surface area contributed by atoms with Gasteiger partial charge in [0.25, 0.3) is 0 Å². The maximum atomic E-state index is 13.1. The highest BCUT2D eigenvalue weighted by Gasteiger charge is 2.62. The molecular formula is C31H24Cl2N2O2S2. The van der Waals surface area contributed by atoms with Gasteiger partial charge in [-0.3, -0.25) is 0 Å². The summed E-state index contributed by atoms with van der Waals surface area (Å²) in [6.07, 6.45) is 0. The first kappa shape index (κ1) is 26.3. The Morgan fingerprint density at radius 1 is 0.846 bits per heavy atom. The summed E-state index contributed by atoms with van der Waals surface area (Å²) < 4.78 is 3.99. The Morgan fingerprint density at radius 3 is 1.97 bits per heavy atom. The molecule has 6 rings (SSSR count). The van der Waals surface area contributed by atoms with Gasteiger partial charge in [0.1, 0.15) is 0 Å². The molecule has 1 atom stereocenters. The molecule has 0 aromatic heterocycles. The first-order valence-corrected chi connectivity index (χ1v) is 14.9. The van der Waals surface area contributed by atoms with Crippen molar-refractivity contribution in [3.05, 3.63) is 135 Å². The maximum absolute atomic E-state index is 13.1. The second kappa shape index (κ2) is 10.3. The predicted octanol–water partition coefficient (Wildman–Crippen LogP) is 8.58. The van der Waals surface area contributed by atoms with Crippen LogP contribution in [0.3, 0.4) is 0 Å². The van der Waals surface area contributed by atoms with Gasteiger partial charge in [-0.05, 0) is 66.9 Å². The predicted molar refractivity (Wildman–Crippen MR) is 164 cm³/mol. The van der Waals surface area contributed by atoms with Crippen LogP contribution in [0.1, 0.15) is 34.7 Å². The molecule has 1 spiro atoms. The number of fused-ring (bicyclic) bond motifs is 2. The first-order chi connectivity index (χ1) is 18.9. The number of carbonyl (C=O) groups is 1. The van der Waals surface area contributed by atoms with Crippen molar-refractivity contribution in [2.24, 2.45) is 5.10 Å². The number of aryl methyl sites for hydroxylation is 1. The van der Waals surface area contributed by atoms with Crippen molar-refractivity contribution in [3.8, 4) is 0 Å². The molecule has 0 aliphatic carbocycles. The summed E-state index contributed by atoms with van der Waals surface area (Å²) in [4.78, 5) is 13.1. The van der Waals surface area contributed by atoms with Gasteiger partial charge in [-0.25, -0.2) is 9.80 Å². The third-order valence-corrected chi connectivity index (χ3v) is 10.7. The lowest BCUT2D eigenvalue weighted by Crippen LogP contribution is -2.34.